The largest absolute Gasteiger partial charge is 0.496 e. The molecule has 0 fully saturated rings. The van der Waals surface area contributed by atoms with Crippen molar-refractivity contribution in [1.29, 1.82) is 0 Å². The summed E-state index contributed by atoms with van der Waals surface area (Å²) in [4.78, 5) is 4.15. The van der Waals surface area contributed by atoms with Crippen LogP contribution in [0.25, 0.3) is 0 Å². The SMILES string of the molecule is CCN(Cc1cccs1)Cc1cc(C(N)=S)ccc1OC. The number of hydrogen-bond acceptors (Lipinski definition) is 4. The topological polar surface area (TPSA) is 38.5 Å². The fraction of sp³-hybridized carbons (Fsp3) is 0.312. The molecule has 0 aliphatic carbocycles. The zero-order chi connectivity index (χ0) is 15.2. The molecule has 0 saturated carbocycles. The molecule has 5 heteroatoms. The molecule has 3 nitrogen and oxygen atoms in total. The summed E-state index contributed by atoms with van der Waals surface area (Å²) < 4.78 is 5.45. The van der Waals surface area contributed by atoms with E-state index in [0.29, 0.717) is 4.99 Å². The molecular formula is C16H20N2OS2. The van der Waals surface area contributed by atoms with Crippen molar-refractivity contribution in [3.8, 4) is 5.75 Å². The minimum Gasteiger partial charge on any atom is -0.496 e. The molecule has 1 heterocycles. The third-order valence-electron chi connectivity index (χ3n) is 3.37. The first-order chi connectivity index (χ1) is 10.1. The van der Waals surface area contributed by atoms with E-state index >= 15 is 0 Å². The molecule has 0 spiro atoms. The maximum Gasteiger partial charge on any atom is 0.123 e. The van der Waals surface area contributed by atoms with Gasteiger partial charge in [0.2, 0.25) is 0 Å². The Morgan fingerprint density at radius 1 is 1.33 bits per heavy atom. The van der Waals surface area contributed by atoms with Crippen LogP contribution in [0.4, 0.5) is 0 Å². The van der Waals surface area contributed by atoms with Crippen molar-refractivity contribution in [2.75, 3.05) is 13.7 Å². The van der Waals surface area contributed by atoms with Crippen LogP contribution in [0.3, 0.4) is 0 Å². The van der Waals surface area contributed by atoms with Gasteiger partial charge in [-0.3, -0.25) is 4.90 Å². The molecule has 1 aromatic carbocycles. The van der Waals surface area contributed by atoms with Gasteiger partial charge in [0.05, 0.1) is 7.11 Å². The molecule has 0 aliphatic heterocycles. The smallest absolute Gasteiger partial charge is 0.123 e. The highest BCUT2D eigenvalue weighted by atomic mass is 32.1. The Balaban J connectivity index is 2.18. The van der Waals surface area contributed by atoms with E-state index in [9.17, 15) is 0 Å². The normalized spacial score (nSPS) is 10.8. The Morgan fingerprint density at radius 3 is 2.71 bits per heavy atom. The average molecular weight is 320 g/mol. The summed E-state index contributed by atoms with van der Waals surface area (Å²) in [6, 6.07) is 10.1. The monoisotopic (exact) mass is 320 g/mol. The Kier molecular flexibility index (Phi) is 5.73. The minimum absolute atomic E-state index is 0.417. The predicted molar refractivity (Wildman–Crippen MR) is 93.0 cm³/mol. The van der Waals surface area contributed by atoms with Crippen molar-refractivity contribution in [1.82, 2.24) is 4.90 Å². The third kappa shape index (κ3) is 4.27. The molecule has 0 bridgehead atoms. The van der Waals surface area contributed by atoms with E-state index in [0.717, 1.165) is 36.5 Å². The zero-order valence-electron chi connectivity index (χ0n) is 12.3. The zero-order valence-corrected chi connectivity index (χ0v) is 14.0. The lowest BCUT2D eigenvalue weighted by Gasteiger charge is -2.21. The lowest BCUT2D eigenvalue weighted by atomic mass is 10.1. The van der Waals surface area contributed by atoms with Crippen LogP contribution in [-0.4, -0.2) is 23.5 Å². The second-order valence-electron chi connectivity index (χ2n) is 4.77. The fourth-order valence-electron chi connectivity index (χ4n) is 2.20. The van der Waals surface area contributed by atoms with E-state index in [-0.39, 0.29) is 0 Å². The van der Waals surface area contributed by atoms with Crippen LogP contribution >= 0.6 is 23.6 Å². The van der Waals surface area contributed by atoms with Crippen molar-refractivity contribution < 1.29 is 4.74 Å². The molecule has 2 aromatic rings. The molecule has 0 unspecified atom stereocenters. The van der Waals surface area contributed by atoms with Crippen LogP contribution in [0.1, 0.15) is 22.9 Å². The molecule has 0 aliphatic rings. The van der Waals surface area contributed by atoms with Gasteiger partial charge in [0, 0.05) is 29.1 Å². The highest BCUT2D eigenvalue weighted by Gasteiger charge is 2.11. The second kappa shape index (κ2) is 7.54. The van der Waals surface area contributed by atoms with Gasteiger partial charge in [-0.15, -0.1) is 11.3 Å². The maximum absolute atomic E-state index is 5.73. The first kappa shape index (κ1) is 15.9. The standard InChI is InChI=1S/C16H20N2OS2/c1-3-18(11-14-5-4-8-21-14)10-13-9-12(16(17)20)6-7-15(13)19-2/h4-9H,3,10-11H2,1-2H3,(H2,17,20). The van der Waals surface area contributed by atoms with E-state index in [1.54, 1.807) is 18.4 Å². The van der Waals surface area contributed by atoms with Crippen LogP contribution in [0.5, 0.6) is 5.75 Å². The van der Waals surface area contributed by atoms with Crippen LogP contribution in [0.15, 0.2) is 35.7 Å². The number of benzene rings is 1. The summed E-state index contributed by atoms with van der Waals surface area (Å²) in [6.07, 6.45) is 0. The molecule has 0 radical (unpaired) electrons. The summed E-state index contributed by atoms with van der Waals surface area (Å²) in [5, 5.41) is 2.11. The van der Waals surface area contributed by atoms with E-state index < -0.39 is 0 Å². The molecule has 0 amide bonds. The third-order valence-corrected chi connectivity index (χ3v) is 4.46. The van der Waals surface area contributed by atoms with Gasteiger partial charge in [-0.1, -0.05) is 25.2 Å². The average Bonchev–Trinajstić information content (AvgIpc) is 2.99. The minimum atomic E-state index is 0.417. The summed E-state index contributed by atoms with van der Waals surface area (Å²) in [6.45, 7) is 4.89. The molecule has 112 valence electrons. The number of thiocarbonyl (C=S) groups is 1. The van der Waals surface area contributed by atoms with Crippen LogP contribution in [-0.2, 0) is 13.1 Å². The van der Waals surface area contributed by atoms with Gasteiger partial charge in [-0.05, 0) is 36.2 Å². The van der Waals surface area contributed by atoms with Crippen molar-refractivity contribution in [3.05, 3.63) is 51.7 Å². The summed E-state index contributed by atoms with van der Waals surface area (Å²) in [5.41, 5.74) is 7.72. The molecular weight excluding hydrogens is 300 g/mol. The van der Waals surface area contributed by atoms with Crippen molar-refractivity contribution in [2.24, 2.45) is 5.73 Å². The van der Waals surface area contributed by atoms with Crippen LogP contribution < -0.4 is 10.5 Å². The Labute approximate surface area is 135 Å². The van der Waals surface area contributed by atoms with Crippen LogP contribution in [0, 0.1) is 0 Å². The summed E-state index contributed by atoms with van der Waals surface area (Å²) in [5.74, 6) is 0.875. The molecule has 21 heavy (non-hydrogen) atoms. The number of thiophene rings is 1. The Morgan fingerprint density at radius 2 is 2.14 bits per heavy atom. The van der Waals surface area contributed by atoms with Gasteiger partial charge in [0.25, 0.3) is 0 Å². The molecule has 0 atom stereocenters. The summed E-state index contributed by atoms with van der Waals surface area (Å²) in [7, 11) is 1.69. The van der Waals surface area contributed by atoms with Crippen molar-refractivity contribution in [3.63, 3.8) is 0 Å². The summed E-state index contributed by atoms with van der Waals surface area (Å²) >= 11 is 6.84. The first-order valence-corrected chi connectivity index (χ1v) is 8.14. The number of rotatable bonds is 7. The number of methoxy groups -OCH3 is 1. The number of hydrogen-bond donors (Lipinski definition) is 1. The van der Waals surface area contributed by atoms with Gasteiger partial charge in [0.1, 0.15) is 10.7 Å². The molecule has 1 aromatic heterocycles. The number of nitrogens with two attached hydrogens (primary N) is 1. The van der Waals surface area contributed by atoms with E-state index in [1.807, 2.05) is 18.2 Å². The number of ether oxygens (including phenoxy) is 1. The molecule has 2 N–H and O–H groups in total. The van der Waals surface area contributed by atoms with Gasteiger partial charge in [-0.2, -0.15) is 0 Å². The highest BCUT2D eigenvalue weighted by Crippen LogP contribution is 2.23. The molecule has 0 saturated heterocycles. The van der Waals surface area contributed by atoms with Gasteiger partial charge in [0.15, 0.2) is 0 Å². The van der Waals surface area contributed by atoms with E-state index in [1.165, 1.54) is 4.88 Å². The molecule has 2 rings (SSSR count). The fourth-order valence-corrected chi connectivity index (χ4v) is 3.07. The number of nitrogens with zero attached hydrogens (tertiary/aromatic N) is 1. The lowest BCUT2D eigenvalue weighted by Crippen LogP contribution is -2.22. The lowest BCUT2D eigenvalue weighted by molar-refractivity contribution is 0.268. The highest BCUT2D eigenvalue weighted by molar-refractivity contribution is 7.80. The Hall–Kier alpha value is -1.43. The van der Waals surface area contributed by atoms with E-state index in [2.05, 4.69) is 29.3 Å². The van der Waals surface area contributed by atoms with E-state index in [4.69, 9.17) is 22.7 Å². The Bertz CT molecular complexity index is 596. The van der Waals surface area contributed by atoms with Crippen molar-refractivity contribution >= 4 is 28.5 Å². The van der Waals surface area contributed by atoms with Gasteiger partial charge >= 0.3 is 0 Å². The van der Waals surface area contributed by atoms with Gasteiger partial charge in [-0.25, -0.2) is 0 Å². The maximum atomic E-state index is 5.73. The second-order valence-corrected chi connectivity index (χ2v) is 6.25. The predicted octanol–water partition coefficient (Wildman–Crippen LogP) is 3.41. The first-order valence-electron chi connectivity index (χ1n) is 6.85. The quantitative estimate of drug-likeness (QED) is 0.794. The van der Waals surface area contributed by atoms with Gasteiger partial charge < -0.3 is 10.5 Å². The van der Waals surface area contributed by atoms with Crippen LogP contribution in [0.2, 0.25) is 0 Å². The van der Waals surface area contributed by atoms with Crippen molar-refractivity contribution in [2.45, 2.75) is 20.0 Å².